The topological polar surface area (TPSA) is 62.4 Å². The van der Waals surface area contributed by atoms with E-state index in [0.29, 0.717) is 11.4 Å². The lowest BCUT2D eigenvalue weighted by Gasteiger charge is -2.28. The average Bonchev–Trinajstić information content (AvgIpc) is 2.61. The van der Waals surface area contributed by atoms with Gasteiger partial charge in [0, 0.05) is 5.69 Å². The first-order chi connectivity index (χ1) is 12.7. The standard InChI is InChI=1S/C17H15Cl4N3O2S/c1-26-11-8-6-10(7-9-11)22-16(27)24-15(17(19,20)21)23-14(25)12-4-2-3-5-13(12)18/h2-9,15H,1H3,(H,23,25)(H2,22,24,27). The van der Waals surface area contributed by atoms with E-state index in [1.165, 1.54) is 0 Å². The van der Waals surface area contributed by atoms with Crippen LogP contribution in [0.2, 0.25) is 5.02 Å². The van der Waals surface area contributed by atoms with Crippen molar-refractivity contribution in [2.45, 2.75) is 9.96 Å². The molecule has 2 aromatic carbocycles. The molecule has 0 bridgehead atoms. The second-order valence-corrected chi connectivity index (χ2v) is 8.44. The Morgan fingerprint density at radius 1 is 1.07 bits per heavy atom. The summed E-state index contributed by atoms with van der Waals surface area (Å²) in [7, 11) is 1.57. The molecule has 10 heteroatoms. The SMILES string of the molecule is COc1ccc(NC(=S)NC(NC(=O)c2ccccc2Cl)C(Cl)(Cl)Cl)cc1. The van der Waals surface area contributed by atoms with Gasteiger partial charge in [-0.3, -0.25) is 4.79 Å². The lowest BCUT2D eigenvalue weighted by atomic mass is 10.2. The van der Waals surface area contributed by atoms with Gasteiger partial charge in [-0.1, -0.05) is 58.5 Å². The summed E-state index contributed by atoms with van der Waals surface area (Å²) in [5, 5.41) is 8.70. The molecule has 0 heterocycles. The maximum atomic E-state index is 12.4. The number of thiocarbonyl (C=S) groups is 1. The second-order valence-electron chi connectivity index (χ2n) is 5.25. The molecule has 0 saturated heterocycles. The predicted molar refractivity (Wildman–Crippen MR) is 115 cm³/mol. The number of nitrogens with one attached hydrogen (secondary N) is 3. The normalized spacial score (nSPS) is 12.0. The van der Waals surface area contributed by atoms with Crippen LogP contribution >= 0.6 is 58.6 Å². The molecule has 0 saturated carbocycles. The van der Waals surface area contributed by atoms with Crippen molar-refractivity contribution in [3.05, 3.63) is 59.1 Å². The molecule has 2 aromatic rings. The summed E-state index contributed by atoms with van der Waals surface area (Å²) in [5.74, 6) is 0.183. The Labute approximate surface area is 182 Å². The summed E-state index contributed by atoms with van der Waals surface area (Å²) >= 11 is 29.2. The Kier molecular flexibility index (Phi) is 7.82. The average molecular weight is 467 g/mol. The largest absolute Gasteiger partial charge is 0.497 e. The number of rotatable bonds is 5. The molecule has 2 rings (SSSR count). The quantitative estimate of drug-likeness (QED) is 0.337. The molecule has 0 spiro atoms. The van der Waals surface area contributed by atoms with Gasteiger partial charge in [-0.2, -0.15) is 0 Å². The molecule has 1 unspecified atom stereocenters. The third-order valence-electron chi connectivity index (χ3n) is 3.34. The number of halogens is 4. The number of anilines is 1. The van der Waals surface area contributed by atoms with Crippen molar-refractivity contribution in [3.63, 3.8) is 0 Å². The van der Waals surface area contributed by atoms with Gasteiger partial charge in [-0.15, -0.1) is 0 Å². The van der Waals surface area contributed by atoms with Crippen molar-refractivity contribution in [2.24, 2.45) is 0 Å². The highest BCUT2D eigenvalue weighted by Gasteiger charge is 2.35. The molecule has 0 radical (unpaired) electrons. The van der Waals surface area contributed by atoms with Crippen LogP contribution < -0.4 is 20.7 Å². The number of ether oxygens (including phenoxy) is 1. The van der Waals surface area contributed by atoms with E-state index in [-0.39, 0.29) is 15.7 Å². The number of methoxy groups -OCH3 is 1. The van der Waals surface area contributed by atoms with Crippen LogP contribution in [-0.2, 0) is 0 Å². The molecule has 3 N–H and O–H groups in total. The lowest BCUT2D eigenvalue weighted by molar-refractivity contribution is 0.0934. The van der Waals surface area contributed by atoms with E-state index in [1.54, 1.807) is 55.6 Å². The maximum Gasteiger partial charge on any atom is 0.254 e. The van der Waals surface area contributed by atoms with E-state index in [0.717, 1.165) is 0 Å². The molecular weight excluding hydrogens is 452 g/mol. The van der Waals surface area contributed by atoms with Crippen LogP contribution in [0, 0.1) is 0 Å². The minimum Gasteiger partial charge on any atom is -0.497 e. The molecule has 5 nitrogen and oxygen atoms in total. The minimum absolute atomic E-state index is 0.149. The summed E-state index contributed by atoms with van der Waals surface area (Å²) in [4.78, 5) is 12.4. The Hall–Kier alpha value is -1.44. The number of benzene rings is 2. The molecule has 27 heavy (non-hydrogen) atoms. The molecular formula is C17H15Cl4N3O2S. The summed E-state index contributed by atoms with van der Waals surface area (Å²) in [6.07, 6.45) is -1.11. The second kappa shape index (κ2) is 9.66. The Morgan fingerprint density at radius 2 is 1.70 bits per heavy atom. The van der Waals surface area contributed by atoms with Gasteiger partial charge in [0.15, 0.2) is 5.11 Å². The van der Waals surface area contributed by atoms with Crippen molar-refractivity contribution in [1.82, 2.24) is 10.6 Å². The molecule has 144 valence electrons. The van der Waals surface area contributed by atoms with Gasteiger partial charge < -0.3 is 20.7 Å². The summed E-state index contributed by atoms with van der Waals surface area (Å²) in [6.45, 7) is 0. The number of hydrogen-bond donors (Lipinski definition) is 3. The fourth-order valence-corrected chi connectivity index (χ4v) is 2.81. The zero-order valence-corrected chi connectivity index (χ0v) is 17.8. The summed E-state index contributed by atoms with van der Waals surface area (Å²) in [6, 6.07) is 13.6. The third kappa shape index (κ3) is 6.59. The van der Waals surface area contributed by atoms with E-state index in [1.807, 2.05) is 0 Å². The minimum atomic E-state index is -1.87. The fourth-order valence-electron chi connectivity index (χ4n) is 2.03. The number of alkyl halides is 3. The number of amides is 1. The van der Waals surface area contributed by atoms with E-state index in [4.69, 9.17) is 63.4 Å². The number of carbonyl (C=O) groups is 1. The first-order valence-corrected chi connectivity index (χ1v) is 9.46. The van der Waals surface area contributed by atoms with Crippen molar-refractivity contribution in [2.75, 3.05) is 12.4 Å². The van der Waals surface area contributed by atoms with Gasteiger partial charge >= 0.3 is 0 Å². The first-order valence-electron chi connectivity index (χ1n) is 7.54. The lowest BCUT2D eigenvalue weighted by Crippen LogP contribution is -2.56. The smallest absolute Gasteiger partial charge is 0.254 e. The van der Waals surface area contributed by atoms with Crippen molar-refractivity contribution < 1.29 is 9.53 Å². The molecule has 0 fully saturated rings. The van der Waals surface area contributed by atoms with Gasteiger partial charge in [-0.25, -0.2) is 0 Å². The third-order valence-corrected chi connectivity index (χ3v) is 4.55. The van der Waals surface area contributed by atoms with Crippen LogP contribution in [0.25, 0.3) is 0 Å². The Balaban J connectivity index is 2.06. The molecule has 0 aliphatic heterocycles. The van der Waals surface area contributed by atoms with Gasteiger partial charge in [0.25, 0.3) is 5.91 Å². The van der Waals surface area contributed by atoms with E-state index in [9.17, 15) is 4.79 Å². The van der Waals surface area contributed by atoms with Crippen molar-refractivity contribution in [1.29, 1.82) is 0 Å². The Bertz CT molecular complexity index is 813. The molecule has 0 aliphatic rings. The molecule has 1 amide bonds. The van der Waals surface area contributed by atoms with Gasteiger partial charge in [0.1, 0.15) is 11.9 Å². The van der Waals surface area contributed by atoms with Crippen LogP contribution in [0.5, 0.6) is 5.75 Å². The van der Waals surface area contributed by atoms with Crippen LogP contribution in [-0.4, -0.2) is 28.1 Å². The highest BCUT2D eigenvalue weighted by molar-refractivity contribution is 7.80. The monoisotopic (exact) mass is 465 g/mol. The van der Waals surface area contributed by atoms with Gasteiger partial charge in [-0.05, 0) is 48.6 Å². The van der Waals surface area contributed by atoms with Crippen LogP contribution in [0.15, 0.2) is 48.5 Å². The molecule has 1 atom stereocenters. The van der Waals surface area contributed by atoms with Crippen LogP contribution in [0.1, 0.15) is 10.4 Å². The van der Waals surface area contributed by atoms with Crippen LogP contribution in [0.4, 0.5) is 5.69 Å². The highest BCUT2D eigenvalue weighted by Crippen LogP contribution is 2.29. The Morgan fingerprint density at radius 3 is 2.26 bits per heavy atom. The van der Waals surface area contributed by atoms with E-state index < -0.39 is 15.9 Å². The maximum absolute atomic E-state index is 12.4. The van der Waals surface area contributed by atoms with Crippen molar-refractivity contribution >= 4 is 75.3 Å². The highest BCUT2D eigenvalue weighted by atomic mass is 35.6. The molecule has 0 aromatic heterocycles. The van der Waals surface area contributed by atoms with E-state index >= 15 is 0 Å². The molecule has 0 aliphatic carbocycles. The first kappa shape index (κ1) is 21.9. The number of hydrogen-bond acceptors (Lipinski definition) is 3. The fraction of sp³-hybridized carbons (Fsp3) is 0.176. The van der Waals surface area contributed by atoms with Crippen molar-refractivity contribution in [3.8, 4) is 5.75 Å². The zero-order chi connectivity index (χ0) is 20.0. The summed E-state index contributed by atoms with van der Waals surface area (Å²) < 4.78 is 3.22. The van der Waals surface area contributed by atoms with E-state index in [2.05, 4.69) is 16.0 Å². The van der Waals surface area contributed by atoms with Gasteiger partial charge in [0.2, 0.25) is 3.79 Å². The zero-order valence-electron chi connectivity index (χ0n) is 13.9. The summed E-state index contributed by atoms with van der Waals surface area (Å²) in [5.41, 5.74) is 0.933. The van der Waals surface area contributed by atoms with Crippen LogP contribution in [0.3, 0.4) is 0 Å². The predicted octanol–water partition coefficient (Wildman–Crippen LogP) is 4.76. The van der Waals surface area contributed by atoms with Gasteiger partial charge in [0.05, 0.1) is 17.7 Å². The number of carbonyl (C=O) groups excluding carboxylic acids is 1.